The molecule has 1 saturated heterocycles. The van der Waals surface area contributed by atoms with Gasteiger partial charge in [0.2, 0.25) is 10.0 Å². The number of nitrogens with one attached hydrogen (secondary N) is 1. The van der Waals surface area contributed by atoms with E-state index in [4.69, 9.17) is 9.15 Å². The maximum Gasteiger partial charge on any atom is 0.287 e. The highest BCUT2D eigenvalue weighted by molar-refractivity contribution is 7.89. The monoisotopic (exact) mass is 390 g/mol. The van der Waals surface area contributed by atoms with Gasteiger partial charge in [-0.25, -0.2) is 8.42 Å². The number of rotatable bonds is 5. The summed E-state index contributed by atoms with van der Waals surface area (Å²) in [5.41, 5.74) is 1.12. The molecule has 1 aromatic carbocycles. The van der Waals surface area contributed by atoms with Crippen LogP contribution in [0.4, 0.5) is 0 Å². The predicted molar refractivity (Wildman–Crippen MR) is 98.3 cm³/mol. The van der Waals surface area contributed by atoms with Gasteiger partial charge in [-0.2, -0.15) is 4.31 Å². The molecule has 8 heteroatoms. The number of nitrogens with zero attached hydrogens (tertiary/aromatic N) is 1. The molecule has 0 saturated carbocycles. The molecule has 4 rings (SSSR count). The summed E-state index contributed by atoms with van der Waals surface area (Å²) < 4.78 is 38.1. The number of aryl methyl sites for hydroxylation is 1. The first-order valence-electron chi connectivity index (χ1n) is 9.08. The Hall–Kier alpha value is -2.32. The number of sulfonamides is 1. The van der Waals surface area contributed by atoms with Crippen LogP contribution in [0.5, 0.6) is 5.75 Å². The van der Waals surface area contributed by atoms with Crippen LogP contribution in [0.2, 0.25) is 0 Å². The Labute approximate surface area is 158 Å². The molecular formula is C19H22N2O5S. The van der Waals surface area contributed by atoms with E-state index in [1.165, 1.54) is 10.4 Å². The van der Waals surface area contributed by atoms with Crippen molar-refractivity contribution in [2.24, 2.45) is 0 Å². The van der Waals surface area contributed by atoms with Gasteiger partial charge in [0.05, 0.1) is 6.54 Å². The lowest BCUT2D eigenvalue weighted by Gasteiger charge is -2.14. The molecule has 0 spiro atoms. The van der Waals surface area contributed by atoms with Crippen LogP contribution < -0.4 is 10.1 Å². The van der Waals surface area contributed by atoms with Gasteiger partial charge in [0.15, 0.2) is 5.76 Å². The Morgan fingerprint density at radius 3 is 2.74 bits per heavy atom. The van der Waals surface area contributed by atoms with Gasteiger partial charge in [0, 0.05) is 25.6 Å². The molecule has 144 valence electrons. The zero-order valence-electron chi connectivity index (χ0n) is 15.1. The van der Waals surface area contributed by atoms with E-state index in [0.29, 0.717) is 19.6 Å². The van der Waals surface area contributed by atoms with Gasteiger partial charge in [0.25, 0.3) is 5.91 Å². The molecule has 0 radical (unpaired) electrons. The van der Waals surface area contributed by atoms with E-state index in [1.54, 1.807) is 6.92 Å². The van der Waals surface area contributed by atoms with Crippen LogP contribution in [-0.2, 0) is 16.4 Å². The van der Waals surface area contributed by atoms with Crippen LogP contribution in [0, 0.1) is 6.92 Å². The largest absolute Gasteiger partial charge is 0.488 e. The zero-order chi connectivity index (χ0) is 19.0. The second-order valence-corrected chi connectivity index (χ2v) is 8.81. The van der Waals surface area contributed by atoms with Crippen LogP contribution >= 0.6 is 0 Å². The van der Waals surface area contributed by atoms with Crippen molar-refractivity contribution in [1.82, 2.24) is 9.62 Å². The number of ether oxygens (including phenoxy) is 1. The third-order valence-corrected chi connectivity index (χ3v) is 6.99. The first-order valence-corrected chi connectivity index (χ1v) is 10.5. The topological polar surface area (TPSA) is 88.8 Å². The molecule has 1 aromatic heterocycles. The van der Waals surface area contributed by atoms with E-state index in [1.807, 2.05) is 24.3 Å². The summed E-state index contributed by atoms with van der Waals surface area (Å²) in [5.74, 6) is 0.627. The van der Waals surface area contributed by atoms with Crippen molar-refractivity contribution < 1.29 is 22.4 Å². The molecule has 7 nitrogen and oxygen atoms in total. The van der Waals surface area contributed by atoms with Crippen LogP contribution in [0.15, 0.2) is 39.6 Å². The van der Waals surface area contributed by atoms with Gasteiger partial charge in [-0.1, -0.05) is 18.2 Å². The minimum absolute atomic E-state index is 0.000725. The van der Waals surface area contributed by atoms with Gasteiger partial charge in [-0.15, -0.1) is 0 Å². The lowest BCUT2D eigenvalue weighted by Crippen LogP contribution is -2.34. The van der Waals surface area contributed by atoms with E-state index < -0.39 is 15.9 Å². The second-order valence-electron chi connectivity index (χ2n) is 6.90. The van der Waals surface area contributed by atoms with E-state index in [2.05, 4.69) is 5.32 Å². The number of hydrogen-bond donors (Lipinski definition) is 1. The van der Waals surface area contributed by atoms with Crippen molar-refractivity contribution in [1.29, 1.82) is 0 Å². The summed E-state index contributed by atoms with van der Waals surface area (Å²) in [5, 5.41) is 2.77. The number of hydrogen-bond acceptors (Lipinski definition) is 5. The smallest absolute Gasteiger partial charge is 0.287 e. The molecule has 1 N–H and O–H groups in total. The Kier molecular flexibility index (Phi) is 4.69. The van der Waals surface area contributed by atoms with Crippen molar-refractivity contribution in [3.8, 4) is 5.75 Å². The number of furan rings is 1. The molecule has 0 bridgehead atoms. The van der Waals surface area contributed by atoms with Crippen molar-refractivity contribution in [3.05, 3.63) is 47.4 Å². The third-order valence-electron chi connectivity index (χ3n) is 4.98. The van der Waals surface area contributed by atoms with Gasteiger partial charge in [-0.05, 0) is 31.4 Å². The summed E-state index contributed by atoms with van der Waals surface area (Å²) >= 11 is 0. The predicted octanol–water partition coefficient (Wildman–Crippen LogP) is 2.11. The molecule has 3 heterocycles. The van der Waals surface area contributed by atoms with Crippen LogP contribution in [-0.4, -0.2) is 44.4 Å². The van der Waals surface area contributed by atoms with Gasteiger partial charge in [0.1, 0.15) is 22.5 Å². The average molecular weight is 390 g/mol. The number of fused-ring (bicyclic) bond motifs is 1. The first kappa shape index (κ1) is 18.1. The van der Waals surface area contributed by atoms with Gasteiger partial charge >= 0.3 is 0 Å². The molecule has 2 aliphatic heterocycles. The summed E-state index contributed by atoms with van der Waals surface area (Å²) in [6, 6.07) is 9.10. The fraction of sp³-hybridized carbons (Fsp3) is 0.421. The van der Waals surface area contributed by atoms with E-state index >= 15 is 0 Å². The van der Waals surface area contributed by atoms with Crippen molar-refractivity contribution in [3.63, 3.8) is 0 Å². The lowest BCUT2D eigenvalue weighted by molar-refractivity contribution is 0.0904. The average Bonchev–Trinajstić information content (AvgIpc) is 3.38. The van der Waals surface area contributed by atoms with E-state index in [-0.39, 0.29) is 22.5 Å². The van der Waals surface area contributed by atoms with E-state index in [9.17, 15) is 13.2 Å². The number of para-hydroxylation sites is 1. The SMILES string of the molecule is Cc1oc(C(=O)NCC2Cc3ccccc3O2)cc1S(=O)(=O)N1CCCC1. The Bertz CT molecular complexity index is 935. The number of carbonyl (C=O) groups excluding carboxylic acids is 1. The normalized spacial score (nSPS) is 19.7. The van der Waals surface area contributed by atoms with Crippen molar-refractivity contribution in [2.75, 3.05) is 19.6 Å². The Morgan fingerprint density at radius 1 is 1.26 bits per heavy atom. The molecule has 2 aliphatic rings. The van der Waals surface area contributed by atoms with Crippen LogP contribution in [0.25, 0.3) is 0 Å². The zero-order valence-corrected chi connectivity index (χ0v) is 15.9. The third kappa shape index (κ3) is 3.46. The van der Waals surface area contributed by atoms with Crippen LogP contribution in [0.1, 0.15) is 34.7 Å². The fourth-order valence-corrected chi connectivity index (χ4v) is 5.24. The summed E-state index contributed by atoms with van der Waals surface area (Å²) in [7, 11) is -3.61. The molecular weight excluding hydrogens is 368 g/mol. The number of amides is 1. The molecule has 1 amide bonds. The standard InChI is InChI=1S/C19H22N2O5S/c1-13-18(27(23,24)21-8-4-5-9-21)11-17(25-13)19(22)20-12-15-10-14-6-2-3-7-16(14)26-15/h2-3,6-7,11,15H,4-5,8-10,12H2,1H3,(H,20,22). The maximum atomic E-state index is 12.7. The minimum atomic E-state index is -3.61. The lowest BCUT2D eigenvalue weighted by atomic mass is 10.1. The molecule has 1 fully saturated rings. The minimum Gasteiger partial charge on any atom is -0.488 e. The van der Waals surface area contributed by atoms with Crippen molar-refractivity contribution >= 4 is 15.9 Å². The van der Waals surface area contributed by atoms with Crippen molar-refractivity contribution in [2.45, 2.75) is 37.2 Å². The molecule has 1 atom stereocenters. The highest BCUT2D eigenvalue weighted by Gasteiger charge is 2.32. The van der Waals surface area contributed by atoms with Crippen LogP contribution in [0.3, 0.4) is 0 Å². The van der Waals surface area contributed by atoms with E-state index in [0.717, 1.165) is 30.6 Å². The Balaban J connectivity index is 1.41. The molecule has 27 heavy (non-hydrogen) atoms. The molecule has 1 unspecified atom stereocenters. The first-order chi connectivity index (χ1) is 12.9. The maximum absolute atomic E-state index is 12.7. The quantitative estimate of drug-likeness (QED) is 0.845. The summed E-state index contributed by atoms with van der Waals surface area (Å²) in [4.78, 5) is 12.5. The highest BCUT2D eigenvalue weighted by atomic mass is 32.2. The van der Waals surface area contributed by atoms with Gasteiger partial charge < -0.3 is 14.5 Å². The number of carbonyl (C=O) groups is 1. The highest BCUT2D eigenvalue weighted by Crippen LogP contribution is 2.28. The summed E-state index contributed by atoms with van der Waals surface area (Å²) in [6.45, 7) is 2.90. The number of benzene rings is 1. The summed E-state index contributed by atoms with van der Waals surface area (Å²) in [6.07, 6.45) is 2.29. The Morgan fingerprint density at radius 2 is 2.00 bits per heavy atom. The molecule has 2 aromatic rings. The fourth-order valence-electron chi connectivity index (χ4n) is 3.56. The second kappa shape index (κ2) is 7.01. The molecule has 0 aliphatic carbocycles. The van der Waals surface area contributed by atoms with Gasteiger partial charge in [-0.3, -0.25) is 4.79 Å².